The second-order valence-electron chi connectivity index (χ2n) is 6.05. The molecule has 0 saturated heterocycles. The molecule has 4 nitrogen and oxygen atoms in total. The fourth-order valence-corrected chi connectivity index (χ4v) is 2.66. The lowest BCUT2D eigenvalue weighted by molar-refractivity contribution is 0.238. The van der Waals surface area contributed by atoms with Crippen molar-refractivity contribution in [2.45, 2.75) is 47.2 Å². The number of benzene rings is 1. The standard InChI is InChI=1S/C18H25N3O/c1-12(2)20-18(22)19-11-16-10-14(4)21(15(16)5)17-8-6-7-13(3)9-17/h6-10,12H,11H2,1-5H3,(H2,19,20,22). The van der Waals surface area contributed by atoms with Gasteiger partial charge in [-0.2, -0.15) is 0 Å². The predicted octanol–water partition coefficient (Wildman–Crippen LogP) is 3.61. The number of carbonyl (C=O) groups excluding carboxylic acids is 1. The van der Waals surface area contributed by atoms with Crippen LogP contribution >= 0.6 is 0 Å². The highest BCUT2D eigenvalue weighted by molar-refractivity contribution is 5.74. The SMILES string of the molecule is Cc1cccc(-n2c(C)cc(CNC(=O)NC(C)C)c2C)c1. The summed E-state index contributed by atoms with van der Waals surface area (Å²) in [7, 11) is 0. The van der Waals surface area contributed by atoms with E-state index in [2.05, 4.69) is 66.3 Å². The lowest BCUT2D eigenvalue weighted by Gasteiger charge is -2.12. The van der Waals surface area contributed by atoms with Crippen molar-refractivity contribution in [1.29, 1.82) is 0 Å². The highest BCUT2D eigenvalue weighted by Crippen LogP contribution is 2.21. The number of nitrogens with one attached hydrogen (secondary N) is 2. The predicted molar refractivity (Wildman–Crippen MR) is 90.5 cm³/mol. The van der Waals surface area contributed by atoms with Crippen LogP contribution in [-0.4, -0.2) is 16.6 Å². The summed E-state index contributed by atoms with van der Waals surface area (Å²) in [6.07, 6.45) is 0. The van der Waals surface area contributed by atoms with Crippen LogP contribution in [0.1, 0.15) is 36.4 Å². The Morgan fingerprint density at radius 3 is 2.55 bits per heavy atom. The van der Waals surface area contributed by atoms with Crippen LogP contribution in [0, 0.1) is 20.8 Å². The van der Waals surface area contributed by atoms with E-state index in [1.54, 1.807) is 0 Å². The van der Waals surface area contributed by atoms with Crippen molar-refractivity contribution >= 4 is 6.03 Å². The number of aromatic nitrogens is 1. The van der Waals surface area contributed by atoms with Crippen LogP contribution in [0.3, 0.4) is 0 Å². The minimum absolute atomic E-state index is 0.129. The van der Waals surface area contributed by atoms with Crippen LogP contribution < -0.4 is 10.6 Å². The lowest BCUT2D eigenvalue weighted by atomic mass is 10.2. The largest absolute Gasteiger partial charge is 0.336 e. The molecular formula is C18H25N3O. The number of nitrogens with zero attached hydrogens (tertiary/aromatic N) is 1. The zero-order chi connectivity index (χ0) is 16.3. The minimum Gasteiger partial charge on any atom is -0.336 e. The van der Waals surface area contributed by atoms with Gasteiger partial charge in [-0.1, -0.05) is 12.1 Å². The molecule has 0 unspecified atom stereocenters. The Labute approximate surface area is 132 Å². The van der Waals surface area contributed by atoms with E-state index in [0.717, 1.165) is 16.9 Å². The van der Waals surface area contributed by atoms with Crippen molar-refractivity contribution in [3.8, 4) is 5.69 Å². The Morgan fingerprint density at radius 1 is 1.18 bits per heavy atom. The van der Waals surface area contributed by atoms with Crippen molar-refractivity contribution in [3.05, 3.63) is 52.8 Å². The normalized spacial score (nSPS) is 10.8. The van der Waals surface area contributed by atoms with Gasteiger partial charge in [0.2, 0.25) is 0 Å². The molecule has 1 heterocycles. The van der Waals surface area contributed by atoms with Gasteiger partial charge < -0.3 is 15.2 Å². The van der Waals surface area contributed by atoms with E-state index in [1.807, 2.05) is 13.8 Å². The van der Waals surface area contributed by atoms with E-state index in [1.165, 1.54) is 11.3 Å². The number of amides is 2. The molecule has 2 aromatic rings. The molecule has 2 amide bonds. The Balaban J connectivity index is 2.19. The summed E-state index contributed by atoms with van der Waals surface area (Å²) in [6, 6.07) is 10.6. The zero-order valence-electron chi connectivity index (χ0n) is 14.0. The third-order valence-electron chi connectivity index (χ3n) is 3.65. The second kappa shape index (κ2) is 6.69. The molecule has 0 saturated carbocycles. The molecule has 0 aliphatic carbocycles. The Bertz CT molecular complexity index is 671. The van der Waals surface area contributed by atoms with Gasteiger partial charge >= 0.3 is 6.03 Å². The quantitative estimate of drug-likeness (QED) is 0.890. The summed E-state index contributed by atoms with van der Waals surface area (Å²) < 4.78 is 2.23. The van der Waals surface area contributed by atoms with Crippen LogP contribution in [0.5, 0.6) is 0 Å². The Hall–Kier alpha value is -2.23. The van der Waals surface area contributed by atoms with Gasteiger partial charge in [0.15, 0.2) is 0 Å². The maximum Gasteiger partial charge on any atom is 0.315 e. The molecule has 0 fully saturated rings. The average Bonchev–Trinajstić information content (AvgIpc) is 2.70. The summed E-state index contributed by atoms with van der Waals surface area (Å²) in [5.41, 5.74) is 5.86. The number of aryl methyl sites for hydroxylation is 2. The molecule has 118 valence electrons. The molecule has 1 aromatic carbocycles. The summed E-state index contributed by atoms with van der Waals surface area (Å²) in [4.78, 5) is 11.7. The lowest BCUT2D eigenvalue weighted by Crippen LogP contribution is -2.39. The summed E-state index contributed by atoms with van der Waals surface area (Å²) in [5.74, 6) is 0. The fourth-order valence-electron chi connectivity index (χ4n) is 2.66. The second-order valence-corrected chi connectivity index (χ2v) is 6.05. The van der Waals surface area contributed by atoms with Gasteiger partial charge in [0, 0.05) is 29.7 Å². The highest BCUT2D eigenvalue weighted by Gasteiger charge is 2.11. The number of urea groups is 1. The smallest absolute Gasteiger partial charge is 0.315 e. The van der Waals surface area contributed by atoms with Gasteiger partial charge in [0.05, 0.1) is 0 Å². The summed E-state index contributed by atoms with van der Waals surface area (Å²) >= 11 is 0. The molecule has 4 heteroatoms. The van der Waals surface area contributed by atoms with Gasteiger partial charge in [0.25, 0.3) is 0 Å². The Kier molecular flexibility index (Phi) is 4.91. The molecule has 1 aromatic heterocycles. The topological polar surface area (TPSA) is 46.1 Å². The van der Waals surface area contributed by atoms with Crippen LogP contribution in [0.4, 0.5) is 4.79 Å². The van der Waals surface area contributed by atoms with Gasteiger partial charge in [0.1, 0.15) is 0 Å². The first kappa shape index (κ1) is 16.1. The highest BCUT2D eigenvalue weighted by atomic mass is 16.2. The van der Waals surface area contributed by atoms with Crippen molar-refractivity contribution in [1.82, 2.24) is 15.2 Å². The summed E-state index contributed by atoms with van der Waals surface area (Å²) in [5, 5.41) is 5.75. The van der Waals surface area contributed by atoms with Crippen LogP contribution in [0.2, 0.25) is 0 Å². The van der Waals surface area contributed by atoms with E-state index in [0.29, 0.717) is 6.54 Å². The molecule has 0 aliphatic heterocycles. The van der Waals surface area contributed by atoms with Crippen molar-refractivity contribution in [3.63, 3.8) is 0 Å². The fraction of sp³-hybridized carbons (Fsp3) is 0.389. The molecule has 0 atom stereocenters. The van der Waals surface area contributed by atoms with E-state index >= 15 is 0 Å². The van der Waals surface area contributed by atoms with Gasteiger partial charge in [-0.3, -0.25) is 0 Å². The van der Waals surface area contributed by atoms with Crippen molar-refractivity contribution in [2.75, 3.05) is 0 Å². The molecule has 0 spiro atoms. The maximum atomic E-state index is 11.7. The number of hydrogen-bond acceptors (Lipinski definition) is 1. The third-order valence-corrected chi connectivity index (χ3v) is 3.65. The van der Waals surface area contributed by atoms with E-state index in [9.17, 15) is 4.79 Å². The molecule has 0 radical (unpaired) electrons. The molecule has 2 rings (SSSR count). The van der Waals surface area contributed by atoms with E-state index in [4.69, 9.17) is 0 Å². The van der Waals surface area contributed by atoms with Crippen LogP contribution in [-0.2, 0) is 6.54 Å². The van der Waals surface area contributed by atoms with Gasteiger partial charge in [-0.15, -0.1) is 0 Å². The van der Waals surface area contributed by atoms with Crippen LogP contribution in [0.15, 0.2) is 30.3 Å². The first-order chi connectivity index (χ1) is 10.4. The molecule has 0 aliphatic rings. The minimum atomic E-state index is -0.129. The average molecular weight is 299 g/mol. The van der Waals surface area contributed by atoms with E-state index < -0.39 is 0 Å². The van der Waals surface area contributed by atoms with Gasteiger partial charge in [-0.05, 0) is 63.9 Å². The van der Waals surface area contributed by atoms with Crippen molar-refractivity contribution < 1.29 is 4.79 Å². The van der Waals surface area contributed by atoms with Crippen molar-refractivity contribution in [2.24, 2.45) is 0 Å². The Morgan fingerprint density at radius 2 is 1.91 bits per heavy atom. The monoisotopic (exact) mass is 299 g/mol. The van der Waals surface area contributed by atoms with Gasteiger partial charge in [-0.25, -0.2) is 4.79 Å². The first-order valence-corrected chi connectivity index (χ1v) is 7.67. The van der Waals surface area contributed by atoms with Crippen LogP contribution in [0.25, 0.3) is 5.69 Å². The van der Waals surface area contributed by atoms with E-state index in [-0.39, 0.29) is 12.1 Å². The summed E-state index contributed by atoms with van der Waals surface area (Å²) in [6.45, 7) is 10.7. The maximum absolute atomic E-state index is 11.7. The molecule has 2 N–H and O–H groups in total. The number of rotatable bonds is 4. The zero-order valence-corrected chi connectivity index (χ0v) is 14.0. The molecule has 22 heavy (non-hydrogen) atoms. The number of carbonyl (C=O) groups is 1. The molecule has 0 bridgehead atoms. The first-order valence-electron chi connectivity index (χ1n) is 7.67. The number of hydrogen-bond donors (Lipinski definition) is 2. The third kappa shape index (κ3) is 3.70. The molecular weight excluding hydrogens is 274 g/mol.